The van der Waals surface area contributed by atoms with Gasteiger partial charge in [-0.3, -0.25) is 0 Å². The second kappa shape index (κ2) is 5.28. The molecular formula is C15H16O4. The van der Waals surface area contributed by atoms with Crippen molar-refractivity contribution in [1.82, 2.24) is 0 Å². The second-order valence-corrected chi connectivity index (χ2v) is 4.35. The molecule has 0 aliphatic heterocycles. The summed E-state index contributed by atoms with van der Waals surface area (Å²) in [4.78, 5) is 11.5. The minimum Gasteiger partial charge on any atom is -0.466 e. The highest BCUT2D eigenvalue weighted by molar-refractivity contribution is 5.89. The van der Waals surface area contributed by atoms with Crippen LogP contribution in [0.3, 0.4) is 0 Å². The van der Waals surface area contributed by atoms with Crippen LogP contribution in [0.4, 0.5) is 0 Å². The molecule has 0 fully saturated rings. The Kier molecular flexibility index (Phi) is 3.71. The van der Waals surface area contributed by atoms with Crippen molar-refractivity contribution in [3.63, 3.8) is 0 Å². The summed E-state index contributed by atoms with van der Waals surface area (Å²) in [5, 5.41) is 10.5. The zero-order chi connectivity index (χ0) is 13.9. The summed E-state index contributed by atoms with van der Waals surface area (Å²) in [5.41, 5.74) is -0.118. The van der Waals surface area contributed by atoms with Crippen molar-refractivity contribution < 1.29 is 19.1 Å². The predicted molar refractivity (Wildman–Crippen MR) is 69.8 cm³/mol. The maximum absolute atomic E-state index is 11.5. The quantitative estimate of drug-likeness (QED) is 0.859. The molecule has 19 heavy (non-hydrogen) atoms. The van der Waals surface area contributed by atoms with Gasteiger partial charge in [0, 0.05) is 0 Å². The first-order valence-electron chi connectivity index (χ1n) is 6.09. The van der Waals surface area contributed by atoms with Crippen LogP contribution in [-0.2, 0) is 10.3 Å². The SMILES string of the molecule is CCOC(=O)c1ccc([C@@](C)(O)c2ccco2)cc1. The van der Waals surface area contributed by atoms with Gasteiger partial charge in [-0.25, -0.2) is 4.79 Å². The number of hydrogen-bond acceptors (Lipinski definition) is 4. The molecule has 4 heteroatoms. The van der Waals surface area contributed by atoms with Gasteiger partial charge in [0.2, 0.25) is 0 Å². The smallest absolute Gasteiger partial charge is 0.338 e. The summed E-state index contributed by atoms with van der Waals surface area (Å²) >= 11 is 0. The van der Waals surface area contributed by atoms with Crippen LogP contribution in [0.2, 0.25) is 0 Å². The Morgan fingerprint density at radius 1 is 1.32 bits per heavy atom. The molecule has 1 aromatic carbocycles. The standard InChI is InChI=1S/C15H16O4/c1-3-18-14(16)11-6-8-12(9-7-11)15(2,17)13-5-4-10-19-13/h4-10,17H,3H2,1-2H3/t15-/m1/s1. The molecule has 0 spiro atoms. The summed E-state index contributed by atoms with van der Waals surface area (Å²) < 4.78 is 10.1. The van der Waals surface area contributed by atoms with E-state index in [9.17, 15) is 9.90 Å². The molecular weight excluding hydrogens is 244 g/mol. The Balaban J connectivity index is 2.25. The van der Waals surface area contributed by atoms with Gasteiger partial charge in [-0.05, 0) is 43.7 Å². The fourth-order valence-corrected chi connectivity index (χ4v) is 1.84. The summed E-state index contributed by atoms with van der Waals surface area (Å²) in [6, 6.07) is 10.1. The van der Waals surface area contributed by atoms with Gasteiger partial charge in [0.1, 0.15) is 11.4 Å². The summed E-state index contributed by atoms with van der Waals surface area (Å²) in [5.74, 6) is 0.0862. The molecule has 2 rings (SSSR count). The molecule has 0 saturated heterocycles. The topological polar surface area (TPSA) is 59.7 Å². The normalized spacial score (nSPS) is 13.8. The first kappa shape index (κ1) is 13.4. The lowest BCUT2D eigenvalue weighted by Gasteiger charge is -2.21. The van der Waals surface area contributed by atoms with Crippen LogP contribution in [-0.4, -0.2) is 17.7 Å². The third-order valence-corrected chi connectivity index (χ3v) is 2.96. The third kappa shape index (κ3) is 2.69. The van der Waals surface area contributed by atoms with Crippen LogP contribution in [0.1, 0.15) is 35.5 Å². The van der Waals surface area contributed by atoms with Gasteiger partial charge in [-0.2, -0.15) is 0 Å². The lowest BCUT2D eigenvalue weighted by atomic mass is 9.93. The van der Waals surface area contributed by atoms with E-state index in [1.165, 1.54) is 6.26 Å². The largest absolute Gasteiger partial charge is 0.466 e. The van der Waals surface area contributed by atoms with Crippen LogP contribution in [0.25, 0.3) is 0 Å². The molecule has 4 nitrogen and oxygen atoms in total. The number of esters is 1. The Labute approximate surface area is 111 Å². The fourth-order valence-electron chi connectivity index (χ4n) is 1.84. The van der Waals surface area contributed by atoms with Gasteiger partial charge in [0.15, 0.2) is 0 Å². The maximum atomic E-state index is 11.5. The van der Waals surface area contributed by atoms with Crippen LogP contribution >= 0.6 is 0 Å². The summed E-state index contributed by atoms with van der Waals surface area (Å²) in [7, 11) is 0. The Morgan fingerprint density at radius 2 is 2.00 bits per heavy atom. The molecule has 0 aliphatic carbocycles. The lowest BCUT2D eigenvalue weighted by Crippen LogP contribution is -2.22. The van der Waals surface area contributed by atoms with E-state index in [1.807, 2.05) is 0 Å². The molecule has 1 atom stereocenters. The van der Waals surface area contributed by atoms with E-state index in [0.717, 1.165) is 0 Å². The van der Waals surface area contributed by atoms with Crippen LogP contribution in [0.5, 0.6) is 0 Å². The second-order valence-electron chi connectivity index (χ2n) is 4.35. The highest BCUT2D eigenvalue weighted by Gasteiger charge is 2.28. The van der Waals surface area contributed by atoms with Gasteiger partial charge in [-0.15, -0.1) is 0 Å². The zero-order valence-corrected chi connectivity index (χ0v) is 10.9. The Bertz CT molecular complexity index is 538. The molecule has 1 heterocycles. The molecule has 1 aromatic heterocycles. The summed E-state index contributed by atoms with van der Waals surface area (Å²) in [6.07, 6.45) is 1.51. The van der Waals surface area contributed by atoms with E-state index in [-0.39, 0.29) is 5.97 Å². The molecule has 0 radical (unpaired) electrons. The number of aliphatic hydroxyl groups is 1. The van der Waals surface area contributed by atoms with E-state index in [4.69, 9.17) is 9.15 Å². The number of hydrogen-bond donors (Lipinski definition) is 1. The van der Waals surface area contributed by atoms with E-state index < -0.39 is 5.60 Å². The highest BCUT2D eigenvalue weighted by atomic mass is 16.5. The van der Waals surface area contributed by atoms with Gasteiger partial charge in [0.25, 0.3) is 0 Å². The van der Waals surface area contributed by atoms with Gasteiger partial charge >= 0.3 is 5.97 Å². The maximum Gasteiger partial charge on any atom is 0.338 e. The van der Waals surface area contributed by atoms with E-state index >= 15 is 0 Å². The Morgan fingerprint density at radius 3 is 2.53 bits per heavy atom. The van der Waals surface area contributed by atoms with Crippen molar-refractivity contribution in [2.75, 3.05) is 6.61 Å². The lowest BCUT2D eigenvalue weighted by molar-refractivity contribution is 0.0525. The van der Waals surface area contributed by atoms with E-state index in [1.54, 1.807) is 50.2 Å². The summed E-state index contributed by atoms with van der Waals surface area (Å²) in [6.45, 7) is 3.74. The van der Waals surface area contributed by atoms with Gasteiger partial charge in [0.05, 0.1) is 18.4 Å². The minimum atomic E-state index is -1.23. The number of rotatable bonds is 4. The van der Waals surface area contributed by atoms with Crippen molar-refractivity contribution in [3.8, 4) is 0 Å². The number of furan rings is 1. The third-order valence-electron chi connectivity index (χ3n) is 2.96. The van der Waals surface area contributed by atoms with Crippen LogP contribution in [0, 0.1) is 0 Å². The van der Waals surface area contributed by atoms with E-state index in [2.05, 4.69) is 0 Å². The number of carbonyl (C=O) groups excluding carboxylic acids is 1. The van der Waals surface area contributed by atoms with Crippen molar-refractivity contribution in [1.29, 1.82) is 0 Å². The number of carbonyl (C=O) groups is 1. The van der Waals surface area contributed by atoms with Crippen molar-refractivity contribution in [3.05, 3.63) is 59.5 Å². The van der Waals surface area contributed by atoms with Gasteiger partial charge in [-0.1, -0.05) is 12.1 Å². The predicted octanol–water partition coefficient (Wildman–Crippen LogP) is 2.71. The van der Waals surface area contributed by atoms with Crippen molar-refractivity contribution >= 4 is 5.97 Å². The first-order valence-corrected chi connectivity index (χ1v) is 6.09. The van der Waals surface area contributed by atoms with Crippen molar-refractivity contribution in [2.24, 2.45) is 0 Å². The molecule has 0 aliphatic rings. The Hall–Kier alpha value is -2.07. The average Bonchev–Trinajstić information content (AvgIpc) is 2.94. The molecule has 0 unspecified atom stereocenters. The molecule has 1 N–H and O–H groups in total. The number of ether oxygens (including phenoxy) is 1. The molecule has 2 aromatic rings. The van der Waals surface area contributed by atoms with Gasteiger partial charge < -0.3 is 14.3 Å². The minimum absolute atomic E-state index is 0.338. The van der Waals surface area contributed by atoms with Crippen molar-refractivity contribution in [2.45, 2.75) is 19.4 Å². The monoisotopic (exact) mass is 260 g/mol. The fraction of sp³-hybridized carbons (Fsp3) is 0.267. The highest BCUT2D eigenvalue weighted by Crippen LogP contribution is 2.29. The molecule has 0 bridgehead atoms. The molecule has 0 saturated carbocycles. The number of benzene rings is 1. The van der Waals surface area contributed by atoms with Crippen LogP contribution < -0.4 is 0 Å². The van der Waals surface area contributed by atoms with Crippen LogP contribution in [0.15, 0.2) is 47.1 Å². The van der Waals surface area contributed by atoms with E-state index in [0.29, 0.717) is 23.5 Å². The zero-order valence-electron chi connectivity index (χ0n) is 10.9. The molecule has 100 valence electrons. The first-order chi connectivity index (χ1) is 9.05. The molecule has 0 amide bonds. The average molecular weight is 260 g/mol.